The molecule has 0 aliphatic carbocycles. The maximum absolute atomic E-state index is 3.16. The minimum Gasteiger partial charge on any atom is -1.00 e. The number of hydrogen-bond donors (Lipinski definition) is 0. The molecule has 14 heavy (non-hydrogen) atoms. The van der Waals surface area contributed by atoms with Gasteiger partial charge in [0.2, 0.25) is 0 Å². The van der Waals surface area contributed by atoms with Crippen LogP contribution in [-0.4, -0.2) is 42.9 Å². The molecular formula is C10H16Br2NSn. The second-order valence-corrected chi connectivity index (χ2v) is 2.63. The third-order valence-corrected chi connectivity index (χ3v) is 1.26. The zero-order chi connectivity index (χ0) is 7.40. The molecule has 0 heterocycles. The topological polar surface area (TPSA) is 3.24 Å². The van der Waals surface area contributed by atoms with Crippen LogP contribution < -0.4 is 34.0 Å². The summed E-state index contributed by atoms with van der Waals surface area (Å²) in [5.74, 6) is 0. The average molecular weight is 429 g/mol. The monoisotopic (exact) mass is 428 g/mol. The Morgan fingerprint density at radius 2 is 1.79 bits per heavy atom. The zero-order valence-corrected chi connectivity index (χ0v) is 13.7. The molecule has 79 valence electrons. The van der Waals surface area contributed by atoms with Gasteiger partial charge in [-0.1, -0.05) is 31.7 Å². The number of nitrogens with zero attached hydrogens (tertiary/aromatic N) is 1. The maximum Gasteiger partial charge on any atom is 2.00 e. The van der Waals surface area contributed by atoms with Crippen molar-refractivity contribution >= 4 is 23.9 Å². The fourth-order valence-electron chi connectivity index (χ4n) is 0.870. The molecule has 0 aromatic heterocycles. The first-order chi connectivity index (χ1) is 4.79. The van der Waals surface area contributed by atoms with E-state index in [1.165, 1.54) is 5.56 Å². The van der Waals surface area contributed by atoms with Gasteiger partial charge in [-0.15, -0.1) is 0 Å². The van der Waals surface area contributed by atoms with Crippen LogP contribution in [0.2, 0.25) is 0 Å². The number of halogens is 2. The van der Waals surface area contributed by atoms with E-state index in [0.29, 0.717) is 0 Å². The quantitative estimate of drug-likeness (QED) is 0.432. The van der Waals surface area contributed by atoms with Crippen molar-refractivity contribution in [3.05, 3.63) is 35.9 Å². The summed E-state index contributed by atoms with van der Waals surface area (Å²) >= 11 is 0. The van der Waals surface area contributed by atoms with Gasteiger partial charge in [0.25, 0.3) is 0 Å². The second kappa shape index (κ2) is 13.9. The maximum atomic E-state index is 3.16. The largest absolute Gasteiger partial charge is 2.00 e. The van der Waals surface area contributed by atoms with E-state index in [0.717, 1.165) is 6.54 Å². The molecule has 0 saturated heterocycles. The fourth-order valence-corrected chi connectivity index (χ4v) is 0.870. The molecule has 4 heteroatoms. The first-order valence-electron chi connectivity index (χ1n) is 3.39. The van der Waals surface area contributed by atoms with Crippen LogP contribution in [0.25, 0.3) is 0 Å². The van der Waals surface area contributed by atoms with Crippen molar-refractivity contribution < 1.29 is 34.0 Å². The molecule has 0 N–H and O–H groups in total. The van der Waals surface area contributed by atoms with Gasteiger partial charge >= 0.3 is 23.9 Å². The molecule has 0 fully saturated rings. The zero-order valence-electron chi connectivity index (χ0n) is 7.72. The van der Waals surface area contributed by atoms with Gasteiger partial charge in [0.1, 0.15) is 0 Å². The van der Waals surface area contributed by atoms with Gasteiger partial charge in [0.15, 0.2) is 0 Å². The van der Waals surface area contributed by atoms with Gasteiger partial charge in [-0.05, 0) is 25.7 Å². The summed E-state index contributed by atoms with van der Waals surface area (Å²) in [4.78, 5) is 2.13. The molecule has 3 radical (unpaired) electrons. The van der Waals surface area contributed by atoms with Crippen LogP contribution in [0.1, 0.15) is 13.0 Å². The smallest absolute Gasteiger partial charge is 1.00 e. The SMILES string of the molecule is C.CN(C)Cc1[c]cccc1.[Br-].[Br-].[Sn+2]. The van der Waals surface area contributed by atoms with Crippen molar-refractivity contribution in [1.29, 1.82) is 0 Å². The van der Waals surface area contributed by atoms with Crippen LogP contribution in [0.5, 0.6) is 0 Å². The summed E-state index contributed by atoms with van der Waals surface area (Å²) < 4.78 is 0. The molecule has 1 nitrogen and oxygen atoms in total. The normalized spacial score (nSPS) is 7.36. The van der Waals surface area contributed by atoms with Gasteiger partial charge in [-0.2, -0.15) is 0 Å². The van der Waals surface area contributed by atoms with Gasteiger partial charge in [0, 0.05) is 6.54 Å². The van der Waals surface area contributed by atoms with Gasteiger partial charge in [0.05, 0.1) is 0 Å². The Labute approximate surface area is 126 Å². The number of hydrogen-bond acceptors (Lipinski definition) is 1. The molecule has 0 atom stereocenters. The van der Waals surface area contributed by atoms with Gasteiger partial charge in [-0.25, -0.2) is 0 Å². The van der Waals surface area contributed by atoms with Crippen LogP contribution in [0.3, 0.4) is 0 Å². The van der Waals surface area contributed by atoms with Crippen LogP contribution in [-0.2, 0) is 6.54 Å². The summed E-state index contributed by atoms with van der Waals surface area (Å²) in [6, 6.07) is 11.2. The van der Waals surface area contributed by atoms with Crippen molar-refractivity contribution in [2.24, 2.45) is 0 Å². The van der Waals surface area contributed by atoms with Crippen molar-refractivity contribution in [2.75, 3.05) is 14.1 Å². The predicted octanol–water partition coefficient (Wildman–Crippen LogP) is -4.19. The van der Waals surface area contributed by atoms with Crippen LogP contribution >= 0.6 is 0 Å². The third kappa shape index (κ3) is 11.0. The van der Waals surface area contributed by atoms with Gasteiger partial charge in [-0.3, -0.25) is 0 Å². The average Bonchev–Trinajstić information content (AvgIpc) is 1.88. The van der Waals surface area contributed by atoms with E-state index in [4.69, 9.17) is 0 Å². The first-order valence-corrected chi connectivity index (χ1v) is 3.39. The van der Waals surface area contributed by atoms with Crippen molar-refractivity contribution in [3.8, 4) is 0 Å². The van der Waals surface area contributed by atoms with Crippen LogP contribution in [0.4, 0.5) is 0 Å². The van der Waals surface area contributed by atoms with Crippen LogP contribution in [0.15, 0.2) is 24.3 Å². The molecule has 0 aliphatic heterocycles. The van der Waals surface area contributed by atoms with Gasteiger partial charge < -0.3 is 38.9 Å². The third-order valence-electron chi connectivity index (χ3n) is 1.26. The molecule has 0 amide bonds. The molecular weight excluding hydrogens is 413 g/mol. The Balaban J connectivity index is -0.000000125. The molecule has 1 aromatic rings. The standard InChI is InChI=1S/C9H12N.CH4.2BrH.Sn/c1-10(2)8-9-6-4-3-5-7-9;;;;/h3-6H,8H2,1-2H3;1H4;2*1H;/q;;;;+2/p-2. The summed E-state index contributed by atoms with van der Waals surface area (Å²) in [5.41, 5.74) is 1.24. The molecule has 0 bridgehead atoms. The number of benzene rings is 1. The Morgan fingerprint density at radius 3 is 2.14 bits per heavy atom. The van der Waals surface area contributed by atoms with E-state index < -0.39 is 0 Å². The Morgan fingerprint density at radius 1 is 1.21 bits per heavy atom. The Bertz CT molecular complexity index is 193. The number of rotatable bonds is 2. The van der Waals surface area contributed by atoms with Crippen molar-refractivity contribution in [3.63, 3.8) is 0 Å². The van der Waals surface area contributed by atoms with E-state index in [9.17, 15) is 0 Å². The molecule has 0 aliphatic rings. The van der Waals surface area contributed by atoms with E-state index in [1.807, 2.05) is 18.2 Å². The van der Waals surface area contributed by atoms with E-state index in [-0.39, 0.29) is 65.3 Å². The predicted molar refractivity (Wildman–Crippen MR) is 55.2 cm³/mol. The minimum atomic E-state index is 0. The summed E-state index contributed by atoms with van der Waals surface area (Å²) in [7, 11) is 4.11. The van der Waals surface area contributed by atoms with Crippen molar-refractivity contribution in [2.45, 2.75) is 14.0 Å². The summed E-state index contributed by atoms with van der Waals surface area (Å²) in [5, 5.41) is 0. The molecule has 0 saturated carbocycles. The second-order valence-electron chi connectivity index (χ2n) is 2.63. The fraction of sp³-hybridized carbons (Fsp3) is 0.400. The van der Waals surface area contributed by atoms with Crippen LogP contribution in [0, 0.1) is 6.07 Å². The first kappa shape index (κ1) is 24.3. The Hall–Kier alpha value is 0.939. The molecule has 1 rings (SSSR count). The molecule has 0 spiro atoms. The Kier molecular flexibility index (Phi) is 24.2. The van der Waals surface area contributed by atoms with E-state index in [2.05, 4.69) is 31.1 Å². The van der Waals surface area contributed by atoms with E-state index >= 15 is 0 Å². The minimum absolute atomic E-state index is 0. The molecule has 0 unspecified atom stereocenters. The van der Waals surface area contributed by atoms with E-state index in [1.54, 1.807) is 0 Å². The van der Waals surface area contributed by atoms with Crippen molar-refractivity contribution in [1.82, 2.24) is 4.90 Å². The summed E-state index contributed by atoms with van der Waals surface area (Å²) in [6.45, 7) is 0.973. The molecule has 1 aromatic carbocycles. The summed E-state index contributed by atoms with van der Waals surface area (Å²) in [6.07, 6.45) is 0.